The van der Waals surface area contributed by atoms with Crippen LogP contribution >= 0.6 is 11.5 Å². The zero-order valence-corrected chi connectivity index (χ0v) is 8.14. The third-order valence-corrected chi connectivity index (χ3v) is 2.35. The van der Waals surface area contributed by atoms with Gasteiger partial charge in [-0.1, -0.05) is 16.6 Å². The van der Waals surface area contributed by atoms with Crippen molar-refractivity contribution in [1.29, 1.82) is 0 Å². The lowest BCUT2D eigenvalue weighted by atomic mass is 10.1. The summed E-state index contributed by atoms with van der Waals surface area (Å²) >= 11 is 1.11. The van der Waals surface area contributed by atoms with Crippen LogP contribution in [0, 0.1) is 0 Å². The molecule has 6 heteroatoms. The highest BCUT2D eigenvalue weighted by Crippen LogP contribution is 2.31. The zero-order valence-electron chi connectivity index (χ0n) is 7.32. The van der Waals surface area contributed by atoms with Crippen LogP contribution in [0.5, 0.6) is 0 Å². The van der Waals surface area contributed by atoms with Gasteiger partial charge in [-0.05, 0) is 23.7 Å². The summed E-state index contributed by atoms with van der Waals surface area (Å²) in [5.41, 5.74) is 0.220. The van der Waals surface area contributed by atoms with Gasteiger partial charge in [-0.25, -0.2) is 0 Å². The molecule has 15 heavy (non-hydrogen) atoms. The Bertz CT molecular complexity index is 451. The Kier molecular flexibility index (Phi) is 2.44. The van der Waals surface area contributed by atoms with Crippen molar-refractivity contribution in [1.82, 2.24) is 9.59 Å². The summed E-state index contributed by atoms with van der Waals surface area (Å²) in [4.78, 5) is 0. The minimum Gasteiger partial charge on any atom is -0.166 e. The van der Waals surface area contributed by atoms with Crippen LogP contribution in [0.4, 0.5) is 13.2 Å². The molecule has 1 heterocycles. The first-order valence-electron chi connectivity index (χ1n) is 4.02. The number of alkyl halides is 3. The van der Waals surface area contributed by atoms with E-state index in [2.05, 4.69) is 9.59 Å². The molecule has 0 saturated carbocycles. The van der Waals surface area contributed by atoms with Crippen molar-refractivity contribution in [2.75, 3.05) is 0 Å². The third-order valence-electron chi connectivity index (χ3n) is 1.85. The Morgan fingerprint density at radius 2 is 2.00 bits per heavy atom. The van der Waals surface area contributed by atoms with Gasteiger partial charge < -0.3 is 0 Å². The highest BCUT2D eigenvalue weighted by Gasteiger charge is 2.30. The van der Waals surface area contributed by atoms with Crippen molar-refractivity contribution in [3.8, 4) is 11.3 Å². The Balaban J connectivity index is 2.44. The van der Waals surface area contributed by atoms with Crippen LogP contribution in [0.3, 0.4) is 0 Å². The van der Waals surface area contributed by atoms with Crippen LogP contribution in [-0.2, 0) is 6.18 Å². The fourth-order valence-electron chi connectivity index (χ4n) is 1.15. The van der Waals surface area contributed by atoms with Gasteiger partial charge in [0.1, 0.15) is 5.69 Å². The number of benzene rings is 1. The molecule has 1 aromatic carbocycles. The molecular formula is C9H5F3N2S. The van der Waals surface area contributed by atoms with E-state index in [1.165, 1.54) is 6.07 Å². The molecule has 0 atom stereocenters. The summed E-state index contributed by atoms with van der Waals surface area (Å²) in [5.74, 6) is 0. The van der Waals surface area contributed by atoms with Crippen LogP contribution < -0.4 is 0 Å². The van der Waals surface area contributed by atoms with Gasteiger partial charge in [-0.2, -0.15) is 13.2 Å². The Hall–Kier alpha value is -1.43. The van der Waals surface area contributed by atoms with Crippen molar-refractivity contribution >= 4 is 11.5 Å². The average molecular weight is 230 g/mol. The maximum Gasteiger partial charge on any atom is 0.416 e. The van der Waals surface area contributed by atoms with E-state index in [1.807, 2.05) is 0 Å². The summed E-state index contributed by atoms with van der Waals surface area (Å²) in [6.07, 6.45) is -4.32. The van der Waals surface area contributed by atoms with Crippen molar-refractivity contribution in [2.24, 2.45) is 0 Å². The van der Waals surface area contributed by atoms with Gasteiger partial charge in [0.05, 0.1) is 5.56 Å². The largest absolute Gasteiger partial charge is 0.416 e. The normalized spacial score (nSPS) is 11.7. The van der Waals surface area contributed by atoms with Crippen molar-refractivity contribution in [3.05, 3.63) is 35.2 Å². The topological polar surface area (TPSA) is 25.8 Å². The molecule has 2 nitrogen and oxygen atoms in total. The van der Waals surface area contributed by atoms with Crippen molar-refractivity contribution < 1.29 is 13.2 Å². The van der Waals surface area contributed by atoms with E-state index in [0.717, 1.165) is 23.7 Å². The molecular weight excluding hydrogens is 225 g/mol. The van der Waals surface area contributed by atoms with E-state index in [-0.39, 0.29) is 0 Å². The second-order valence-corrected chi connectivity index (χ2v) is 3.48. The summed E-state index contributed by atoms with van der Waals surface area (Å²) < 4.78 is 40.7. The van der Waals surface area contributed by atoms with Gasteiger partial charge >= 0.3 is 6.18 Å². The minimum absolute atomic E-state index is 0.429. The van der Waals surface area contributed by atoms with Crippen LogP contribution in [0.2, 0.25) is 0 Å². The molecule has 1 aromatic heterocycles. The second-order valence-electron chi connectivity index (χ2n) is 2.87. The smallest absolute Gasteiger partial charge is 0.166 e. The van der Waals surface area contributed by atoms with E-state index >= 15 is 0 Å². The van der Waals surface area contributed by atoms with E-state index in [9.17, 15) is 13.2 Å². The summed E-state index contributed by atoms with van der Waals surface area (Å²) in [7, 11) is 0. The highest BCUT2D eigenvalue weighted by atomic mass is 32.1. The van der Waals surface area contributed by atoms with Gasteiger partial charge in [0.15, 0.2) is 0 Å². The lowest BCUT2D eigenvalue weighted by Crippen LogP contribution is -2.04. The molecule has 0 N–H and O–H groups in total. The second kappa shape index (κ2) is 3.62. The average Bonchev–Trinajstić information content (AvgIpc) is 2.69. The lowest BCUT2D eigenvalue weighted by molar-refractivity contribution is -0.137. The minimum atomic E-state index is -4.32. The molecule has 78 valence electrons. The van der Waals surface area contributed by atoms with Crippen LogP contribution in [0.1, 0.15) is 5.56 Å². The predicted octanol–water partition coefficient (Wildman–Crippen LogP) is 3.22. The molecule has 0 radical (unpaired) electrons. The Morgan fingerprint density at radius 1 is 1.20 bits per heavy atom. The summed E-state index contributed by atoms with van der Waals surface area (Å²) in [6.45, 7) is 0. The maximum absolute atomic E-state index is 12.4. The van der Waals surface area contributed by atoms with Crippen LogP contribution in [0.25, 0.3) is 11.3 Å². The molecule has 0 bridgehead atoms. The fraction of sp³-hybridized carbons (Fsp3) is 0.111. The fourth-order valence-corrected chi connectivity index (χ4v) is 1.61. The first-order chi connectivity index (χ1) is 7.07. The Morgan fingerprint density at radius 3 is 2.60 bits per heavy atom. The zero-order chi connectivity index (χ0) is 10.9. The standard InChI is InChI=1S/C9H5F3N2S/c10-9(11,12)7-3-1-2-6(4-7)8-5-15-14-13-8/h1-5H. The van der Waals surface area contributed by atoms with Crippen molar-refractivity contribution in [3.63, 3.8) is 0 Å². The van der Waals surface area contributed by atoms with Gasteiger partial charge in [-0.15, -0.1) is 5.10 Å². The molecule has 0 unspecified atom stereocenters. The molecule has 0 aliphatic carbocycles. The molecule has 0 aliphatic heterocycles. The molecule has 0 saturated heterocycles. The first kappa shape index (κ1) is 10.1. The molecule has 0 amide bonds. The number of nitrogens with zero attached hydrogens (tertiary/aromatic N) is 2. The van der Waals surface area contributed by atoms with Crippen molar-refractivity contribution in [2.45, 2.75) is 6.18 Å². The number of hydrogen-bond donors (Lipinski definition) is 0. The third kappa shape index (κ3) is 2.15. The van der Waals surface area contributed by atoms with E-state index < -0.39 is 11.7 Å². The first-order valence-corrected chi connectivity index (χ1v) is 4.86. The monoisotopic (exact) mass is 230 g/mol. The molecule has 0 fully saturated rings. The lowest BCUT2D eigenvalue weighted by Gasteiger charge is -2.06. The van der Waals surface area contributed by atoms with Gasteiger partial charge in [-0.3, -0.25) is 0 Å². The summed E-state index contributed by atoms with van der Waals surface area (Å²) in [5, 5.41) is 5.32. The molecule has 0 spiro atoms. The highest BCUT2D eigenvalue weighted by molar-refractivity contribution is 7.03. The van der Waals surface area contributed by atoms with Crippen LogP contribution in [-0.4, -0.2) is 9.59 Å². The van der Waals surface area contributed by atoms with E-state index in [4.69, 9.17) is 0 Å². The Labute approximate surface area is 87.5 Å². The SMILES string of the molecule is FC(F)(F)c1cccc(-c2csnn2)c1. The van der Waals surface area contributed by atoms with Gasteiger partial charge in [0, 0.05) is 10.9 Å². The van der Waals surface area contributed by atoms with Crippen LogP contribution in [0.15, 0.2) is 29.6 Å². The molecule has 2 rings (SSSR count). The molecule has 0 aliphatic rings. The maximum atomic E-state index is 12.4. The number of halogens is 3. The van der Waals surface area contributed by atoms with E-state index in [1.54, 1.807) is 11.4 Å². The number of hydrogen-bond acceptors (Lipinski definition) is 3. The van der Waals surface area contributed by atoms with E-state index in [0.29, 0.717) is 11.3 Å². The predicted molar refractivity (Wildman–Crippen MR) is 50.3 cm³/mol. The van der Waals surface area contributed by atoms with Gasteiger partial charge in [0.25, 0.3) is 0 Å². The summed E-state index contributed by atoms with van der Waals surface area (Å²) in [6, 6.07) is 5.03. The quantitative estimate of drug-likeness (QED) is 0.751. The number of aromatic nitrogens is 2. The molecule has 2 aromatic rings. The van der Waals surface area contributed by atoms with Gasteiger partial charge in [0.2, 0.25) is 0 Å². The number of rotatable bonds is 1.